The van der Waals surface area contributed by atoms with E-state index in [1.165, 1.54) is 5.56 Å². The largest absolute Gasteiger partial charge is 0.347 e. The molecule has 1 aromatic carbocycles. The van der Waals surface area contributed by atoms with E-state index in [0.717, 1.165) is 24.4 Å². The van der Waals surface area contributed by atoms with Gasteiger partial charge in [0, 0.05) is 18.9 Å². The van der Waals surface area contributed by atoms with Gasteiger partial charge in [-0.3, -0.25) is 9.67 Å². The van der Waals surface area contributed by atoms with Crippen molar-refractivity contribution in [1.82, 2.24) is 29.7 Å². The molecule has 0 spiro atoms. The van der Waals surface area contributed by atoms with Crippen molar-refractivity contribution in [1.29, 1.82) is 0 Å². The molecular formula is C20H19N7. The fourth-order valence-corrected chi connectivity index (χ4v) is 2.86. The molecule has 134 valence electrons. The molecule has 0 aliphatic rings. The Morgan fingerprint density at radius 2 is 1.78 bits per heavy atom. The van der Waals surface area contributed by atoms with E-state index in [4.69, 9.17) is 0 Å². The topological polar surface area (TPSA) is 81.4 Å². The lowest BCUT2D eigenvalue weighted by atomic mass is 10.0. The minimum atomic E-state index is 0.0504. The maximum absolute atomic E-state index is 4.63. The summed E-state index contributed by atoms with van der Waals surface area (Å²) in [4.78, 5) is 17.4. The number of aryl methyl sites for hydroxylation is 1. The van der Waals surface area contributed by atoms with Crippen LogP contribution in [-0.2, 0) is 6.54 Å². The van der Waals surface area contributed by atoms with E-state index in [0.29, 0.717) is 5.95 Å². The molecule has 7 nitrogen and oxygen atoms in total. The molecule has 1 N–H and O–H groups in total. The minimum absolute atomic E-state index is 0.0504. The summed E-state index contributed by atoms with van der Waals surface area (Å²) < 4.78 is 1.82. The average Bonchev–Trinajstić information content (AvgIpc) is 3.26. The third-order valence-corrected chi connectivity index (χ3v) is 4.20. The van der Waals surface area contributed by atoms with Crippen LogP contribution in [0, 0.1) is 0 Å². The van der Waals surface area contributed by atoms with E-state index >= 15 is 0 Å². The predicted octanol–water partition coefficient (Wildman–Crippen LogP) is 3.37. The number of hydrogen-bond donors (Lipinski definition) is 1. The Hall–Kier alpha value is -3.61. The Morgan fingerprint density at radius 3 is 2.56 bits per heavy atom. The van der Waals surface area contributed by atoms with Gasteiger partial charge in [-0.05, 0) is 30.2 Å². The van der Waals surface area contributed by atoms with Crippen LogP contribution in [0.3, 0.4) is 0 Å². The number of nitrogens with zero attached hydrogens (tertiary/aromatic N) is 6. The van der Waals surface area contributed by atoms with Crippen LogP contribution in [0.1, 0.15) is 18.0 Å². The Balaban J connectivity index is 1.56. The van der Waals surface area contributed by atoms with Gasteiger partial charge >= 0.3 is 0 Å². The normalized spacial score (nSPS) is 11.9. The fraction of sp³-hybridized carbons (Fsp3) is 0.150. The number of hydrogen-bond acceptors (Lipinski definition) is 6. The Morgan fingerprint density at radius 1 is 0.889 bits per heavy atom. The zero-order valence-electron chi connectivity index (χ0n) is 14.7. The van der Waals surface area contributed by atoms with Gasteiger partial charge in [-0.25, -0.2) is 15.0 Å². The van der Waals surface area contributed by atoms with E-state index in [-0.39, 0.29) is 6.04 Å². The lowest BCUT2D eigenvalue weighted by Gasteiger charge is -2.19. The summed E-state index contributed by atoms with van der Waals surface area (Å²) in [5, 5.41) is 7.64. The molecule has 0 unspecified atom stereocenters. The van der Waals surface area contributed by atoms with Crippen molar-refractivity contribution in [3.63, 3.8) is 0 Å². The Bertz CT molecular complexity index is 956. The van der Waals surface area contributed by atoms with Crippen molar-refractivity contribution in [3.8, 4) is 11.4 Å². The van der Waals surface area contributed by atoms with Crippen molar-refractivity contribution in [3.05, 3.63) is 85.2 Å². The van der Waals surface area contributed by atoms with Crippen LogP contribution >= 0.6 is 0 Å². The van der Waals surface area contributed by atoms with Gasteiger partial charge in [0.15, 0.2) is 0 Å². The second kappa shape index (κ2) is 8.18. The molecule has 0 aliphatic heterocycles. The first-order chi connectivity index (χ1) is 13.4. The van der Waals surface area contributed by atoms with Gasteiger partial charge in [0.05, 0.1) is 17.4 Å². The van der Waals surface area contributed by atoms with Gasteiger partial charge in [0.25, 0.3) is 0 Å². The summed E-state index contributed by atoms with van der Waals surface area (Å²) in [6, 6.07) is 18.0. The number of nitrogens with one attached hydrogen (secondary N) is 1. The second-order valence-corrected chi connectivity index (χ2v) is 6.04. The number of rotatable bonds is 7. The zero-order chi connectivity index (χ0) is 18.3. The molecule has 1 atom stereocenters. The molecule has 0 aliphatic carbocycles. The lowest BCUT2D eigenvalue weighted by Crippen LogP contribution is -2.16. The summed E-state index contributed by atoms with van der Waals surface area (Å²) in [7, 11) is 0. The molecule has 0 radical (unpaired) electrons. The highest BCUT2D eigenvalue weighted by Crippen LogP contribution is 2.22. The Labute approximate surface area is 157 Å². The maximum atomic E-state index is 4.63. The molecule has 0 saturated heterocycles. The molecule has 3 heterocycles. The summed E-state index contributed by atoms with van der Waals surface area (Å²) in [6.45, 7) is 0.743. The second-order valence-electron chi connectivity index (χ2n) is 6.04. The average molecular weight is 357 g/mol. The van der Waals surface area contributed by atoms with Crippen LogP contribution in [0.4, 0.5) is 5.95 Å². The molecule has 0 fully saturated rings. The van der Waals surface area contributed by atoms with Crippen LogP contribution in [0.2, 0.25) is 0 Å². The van der Waals surface area contributed by atoms with Crippen LogP contribution in [0.15, 0.2) is 79.6 Å². The standard InChI is InChI=1S/C20H19N7/c1-2-6-16(7-3-1)17(10-13-27-15-21-14-24-27)25-20-23-12-9-19(26-20)18-8-4-5-11-22-18/h1-9,11-12,14-15,17H,10,13H2,(H,23,25,26)/t17-/m1/s1. The molecule has 27 heavy (non-hydrogen) atoms. The first-order valence-electron chi connectivity index (χ1n) is 8.77. The number of benzene rings is 1. The van der Waals surface area contributed by atoms with Crippen molar-refractivity contribution in [2.45, 2.75) is 19.0 Å². The number of anilines is 1. The van der Waals surface area contributed by atoms with Gasteiger partial charge in [-0.1, -0.05) is 36.4 Å². The fourth-order valence-electron chi connectivity index (χ4n) is 2.86. The van der Waals surface area contributed by atoms with Crippen molar-refractivity contribution >= 4 is 5.95 Å². The van der Waals surface area contributed by atoms with Crippen molar-refractivity contribution < 1.29 is 0 Å². The number of aromatic nitrogens is 6. The first-order valence-corrected chi connectivity index (χ1v) is 8.77. The predicted molar refractivity (Wildman–Crippen MR) is 103 cm³/mol. The maximum Gasteiger partial charge on any atom is 0.223 e. The number of pyridine rings is 1. The molecule has 3 aromatic heterocycles. The molecule has 0 bridgehead atoms. The molecule has 7 heteroatoms. The molecule has 4 aromatic rings. The summed E-state index contributed by atoms with van der Waals surface area (Å²) in [6.07, 6.45) is 7.60. The van der Waals surface area contributed by atoms with Crippen LogP contribution < -0.4 is 5.32 Å². The van der Waals surface area contributed by atoms with Crippen LogP contribution in [0.25, 0.3) is 11.4 Å². The van der Waals surface area contributed by atoms with E-state index < -0.39 is 0 Å². The summed E-state index contributed by atoms with van der Waals surface area (Å²) in [5.41, 5.74) is 2.78. The molecular weight excluding hydrogens is 338 g/mol. The minimum Gasteiger partial charge on any atom is -0.347 e. The highest BCUT2D eigenvalue weighted by Gasteiger charge is 2.14. The lowest BCUT2D eigenvalue weighted by molar-refractivity contribution is 0.536. The van der Waals surface area contributed by atoms with Crippen LogP contribution in [0.5, 0.6) is 0 Å². The molecule has 0 amide bonds. The van der Waals surface area contributed by atoms with E-state index in [9.17, 15) is 0 Å². The summed E-state index contributed by atoms with van der Waals surface area (Å²) in [5.74, 6) is 0.575. The van der Waals surface area contributed by atoms with Gasteiger partial charge in [0.2, 0.25) is 5.95 Å². The molecule has 4 rings (SSSR count). The third kappa shape index (κ3) is 4.33. The van der Waals surface area contributed by atoms with Gasteiger partial charge in [0.1, 0.15) is 12.7 Å². The highest BCUT2D eigenvalue weighted by atomic mass is 15.3. The smallest absolute Gasteiger partial charge is 0.223 e. The van der Waals surface area contributed by atoms with Gasteiger partial charge < -0.3 is 5.32 Å². The van der Waals surface area contributed by atoms with Crippen molar-refractivity contribution in [2.24, 2.45) is 0 Å². The SMILES string of the molecule is c1ccc([C@@H](CCn2cncn2)Nc2nccc(-c3ccccn3)n2)cc1. The zero-order valence-corrected chi connectivity index (χ0v) is 14.7. The van der Waals surface area contributed by atoms with E-state index in [2.05, 4.69) is 42.5 Å². The first kappa shape index (κ1) is 16.8. The highest BCUT2D eigenvalue weighted by molar-refractivity contribution is 5.55. The summed E-state index contributed by atoms with van der Waals surface area (Å²) >= 11 is 0. The third-order valence-electron chi connectivity index (χ3n) is 4.20. The van der Waals surface area contributed by atoms with E-state index in [1.807, 2.05) is 47.1 Å². The van der Waals surface area contributed by atoms with Crippen molar-refractivity contribution in [2.75, 3.05) is 5.32 Å². The monoisotopic (exact) mass is 357 g/mol. The van der Waals surface area contributed by atoms with Crippen LogP contribution in [-0.4, -0.2) is 29.7 Å². The van der Waals surface area contributed by atoms with Gasteiger partial charge in [-0.2, -0.15) is 5.10 Å². The quantitative estimate of drug-likeness (QED) is 0.546. The molecule has 0 saturated carbocycles. The van der Waals surface area contributed by atoms with E-state index in [1.54, 1.807) is 25.0 Å². The Kier molecular flexibility index (Phi) is 5.10. The van der Waals surface area contributed by atoms with Gasteiger partial charge in [-0.15, -0.1) is 0 Å².